The fourth-order valence-corrected chi connectivity index (χ4v) is 7.28. The highest BCUT2D eigenvalue weighted by atomic mass is 16.6. The van der Waals surface area contributed by atoms with Gasteiger partial charge in [0.15, 0.2) is 6.10 Å². The van der Waals surface area contributed by atoms with Gasteiger partial charge in [0.05, 0.1) is 0 Å². The highest BCUT2D eigenvalue weighted by Crippen LogP contribution is 2.14. The summed E-state index contributed by atoms with van der Waals surface area (Å²) < 4.78 is 16.8. The van der Waals surface area contributed by atoms with Gasteiger partial charge in [-0.2, -0.15) is 0 Å². The van der Waals surface area contributed by atoms with Crippen LogP contribution in [0.15, 0.2) is 85.1 Å². The van der Waals surface area contributed by atoms with Crippen molar-refractivity contribution >= 4 is 17.9 Å². The minimum Gasteiger partial charge on any atom is -0.462 e. The molecule has 0 aromatic heterocycles. The Balaban J connectivity index is 4.45. The van der Waals surface area contributed by atoms with Gasteiger partial charge in [0.2, 0.25) is 0 Å². The van der Waals surface area contributed by atoms with E-state index in [1.54, 1.807) is 0 Å². The molecule has 372 valence electrons. The van der Waals surface area contributed by atoms with Crippen molar-refractivity contribution in [2.45, 2.75) is 258 Å². The molecule has 0 N–H and O–H groups in total. The molecular formula is C59H100O6. The zero-order valence-electron chi connectivity index (χ0n) is 42.5. The number of ether oxygens (including phenoxy) is 3. The maximum atomic E-state index is 12.8. The molecule has 0 aromatic carbocycles. The first kappa shape index (κ1) is 61.6. The molecule has 1 atom stereocenters. The molecule has 6 heteroatoms. The van der Waals surface area contributed by atoms with Crippen LogP contribution in [0.1, 0.15) is 252 Å². The number of allylic oxidation sites excluding steroid dienone is 14. The summed E-state index contributed by atoms with van der Waals surface area (Å²) in [5.74, 6) is -0.929. The van der Waals surface area contributed by atoms with Crippen molar-refractivity contribution in [1.82, 2.24) is 0 Å². The van der Waals surface area contributed by atoms with Crippen molar-refractivity contribution in [3.63, 3.8) is 0 Å². The molecule has 6 nitrogen and oxygen atoms in total. The third kappa shape index (κ3) is 51.4. The van der Waals surface area contributed by atoms with E-state index >= 15 is 0 Å². The molecule has 0 aromatic rings. The summed E-state index contributed by atoms with van der Waals surface area (Å²) in [5.41, 5.74) is 0. The Labute approximate surface area is 401 Å². The summed E-state index contributed by atoms with van der Waals surface area (Å²) in [4.78, 5) is 38.1. The molecule has 0 unspecified atom stereocenters. The van der Waals surface area contributed by atoms with Gasteiger partial charge in [0, 0.05) is 19.3 Å². The van der Waals surface area contributed by atoms with Crippen LogP contribution in [0.3, 0.4) is 0 Å². The molecule has 0 bridgehead atoms. The third-order valence-electron chi connectivity index (χ3n) is 11.4. The quantitative estimate of drug-likeness (QED) is 0.0262. The summed E-state index contributed by atoms with van der Waals surface area (Å²) in [6.45, 7) is 6.44. The highest BCUT2D eigenvalue weighted by molar-refractivity contribution is 5.71. The molecule has 0 saturated carbocycles. The van der Waals surface area contributed by atoms with Gasteiger partial charge in [-0.25, -0.2) is 0 Å². The van der Waals surface area contributed by atoms with Crippen LogP contribution in [-0.4, -0.2) is 37.2 Å². The van der Waals surface area contributed by atoms with Gasteiger partial charge >= 0.3 is 17.9 Å². The summed E-state index contributed by atoms with van der Waals surface area (Å²) in [6, 6.07) is 0. The molecule has 0 fully saturated rings. The average molecular weight is 905 g/mol. The number of esters is 3. The van der Waals surface area contributed by atoms with Crippen molar-refractivity contribution < 1.29 is 28.6 Å². The SMILES string of the molecule is CC/C=C\C/C=C\C/C=C\CCCCCCCC(=O)OC[C@H](COC(=O)CCCCCCCCC/C=C\C/C=C\CCCCC)OC(=O)CCCCCCC/C=C\C/C=C\CCCCC. The molecule has 0 aliphatic heterocycles. The number of hydrogen-bond acceptors (Lipinski definition) is 6. The highest BCUT2D eigenvalue weighted by Gasteiger charge is 2.19. The van der Waals surface area contributed by atoms with Crippen LogP contribution in [-0.2, 0) is 28.6 Å². The summed E-state index contributed by atoms with van der Waals surface area (Å²) >= 11 is 0. The summed E-state index contributed by atoms with van der Waals surface area (Å²) in [5, 5.41) is 0. The number of carbonyl (C=O) groups is 3. The monoisotopic (exact) mass is 905 g/mol. The van der Waals surface area contributed by atoms with Crippen LogP contribution in [0.25, 0.3) is 0 Å². The lowest BCUT2D eigenvalue weighted by molar-refractivity contribution is -0.167. The molecule has 0 heterocycles. The van der Waals surface area contributed by atoms with Crippen LogP contribution in [0.2, 0.25) is 0 Å². The predicted octanol–water partition coefficient (Wildman–Crippen LogP) is 18.0. The standard InChI is InChI=1S/C59H100O6/c1-4-7-10-13-16-19-22-25-28-29-32-34-37-40-43-46-49-52-58(61)64-55-56(65-59(62)53-50-47-44-41-38-35-31-27-24-21-18-15-12-9-6-3)54-63-57(60)51-48-45-42-39-36-33-30-26-23-20-17-14-11-8-5-2/h8,11,16-21,25-28,30-31,56H,4-7,9-10,12-15,22-24,29,32-55H2,1-3H3/b11-8-,19-16-,20-17-,21-18-,28-25-,30-26-,31-27-/t56-/m1/s1. The molecule has 0 radical (unpaired) electrons. The minimum atomic E-state index is -0.795. The Hall–Kier alpha value is -3.41. The smallest absolute Gasteiger partial charge is 0.306 e. The van der Waals surface area contributed by atoms with Gasteiger partial charge in [-0.15, -0.1) is 0 Å². The normalized spacial score (nSPS) is 12.7. The lowest BCUT2D eigenvalue weighted by atomic mass is 10.1. The van der Waals surface area contributed by atoms with E-state index in [1.807, 2.05) is 0 Å². The molecule has 0 aliphatic carbocycles. The van der Waals surface area contributed by atoms with Gasteiger partial charge < -0.3 is 14.2 Å². The Morgan fingerprint density at radius 2 is 0.600 bits per heavy atom. The fraction of sp³-hybridized carbons (Fsp3) is 0.712. The van der Waals surface area contributed by atoms with E-state index in [4.69, 9.17) is 14.2 Å². The van der Waals surface area contributed by atoms with E-state index in [-0.39, 0.29) is 31.1 Å². The lowest BCUT2D eigenvalue weighted by Crippen LogP contribution is -2.30. The molecule has 0 spiro atoms. The Bertz CT molecular complexity index is 1270. The zero-order chi connectivity index (χ0) is 47.2. The molecule has 0 saturated heterocycles. The average Bonchev–Trinajstić information content (AvgIpc) is 3.30. The van der Waals surface area contributed by atoms with Gasteiger partial charge in [0.25, 0.3) is 0 Å². The largest absolute Gasteiger partial charge is 0.462 e. The number of carbonyl (C=O) groups excluding carboxylic acids is 3. The summed E-state index contributed by atoms with van der Waals surface area (Å²) in [7, 11) is 0. The van der Waals surface area contributed by atoms with Crippen molar-refractivity contribution in [3.05, 3.63) is 85.1 Å². The van der Waals surface area contributed by atoms with Crippen LogP contribution >= 0.6 is 0 Å². The van der Waals surface area contributed by atoms with Gasteiger partial charge in [-0.05, 0) is 116 Å². The van der Waals surface area contributed by atoms with E-state index in [2.05, 4.69) is 106 Å². The Kier molecular flexibility index (Phi) is 50.4. The predicted molar refractivity (Wildman–Crippen MR) is 279 cm³/mol. The van der Waals surface area contributed by atoms with Crippen LogP contribution in [0.4, 0.5) is 0 Å². The summed E-state index contributed by atoms with van der Waals surface area (Å²) in [6.07, 6.45) is 68.4. The zero-order valence-corrected chi connectivity index (χ0v) is 42.5. The van der Waals surface area contributed by atoms with E-state index < -0.39 is 6.10 Å². The minimum absolute atomic E-state index is 0.0925. The maximum Gasteiger partial charge on any atom is 0.306 e. The van der Waals surface area contributed by atoms with Crippen LogP contribution < -0.4 is 0 Å². The molecular weight excluding hydrogens is 805 g/mol. The number of unbranched alkanes of at least 4 members (excludes halogenated alkanes) is 23. The van der Waals surface area contributed by atoms with Crippen molar-refractivity contribution in [3.8, 4) is 0 Å². The second kappa shape index (κ2) is 53.2. The first-order valence-electron chi connectivity index (χ1n) is 27.1. The second-order valence-electron chi connectivity index (χ2n) is 17.7. The van der Waals surface area contributed by atoms with E-state index in [0.29, 0.717) is 19.3 Å². The Morgan fingerprint density at radius 1 is 0.323 bits per heavy atom. The number of hydrogen-bond donors (Lipinski definition) is 0. The maximum absolute atomic E-state index is 12.8. The molecule has 0 amide bonds. The van der Waals surface area contributed by atoms with E-state index in [9.17, 15) is 14.4 Å². The molecule has 0 rings (SSSR count). The fourth-order valence-electron chi connectivity index (χ4n) is 7.28. The first-order chi connectivity index (χ1) is 32.0. The Morgan fingerprint density at radius 3 is 0.938 bits per heavy atom. The van der Waals surface area contributed by atoms with Crippen molar-refractivity contribution in [2.75, 3.05) is 13.2 Å². The first-order valence-corrected chi connectivity index (χ1v) is 27.1. The second-order valence-corrected chi connectivity index (χ2v) is 17.7. The van der Waals surface area contributed by atoms with Gasteiger partial charge in [0.1, 0.15) is 13.2 Å². The topological polar surface area (TPSA) is 78.9 Å². The van der Waals surface area contributed by atoms with Crippen molar-refractivity contribution in [1.29, 1.82) is 0 Å². The van der Waals surface area contributed by atoms with E-state index in [1.165, 1.54) is 77.0 Å². The van der Waals surface area contributed by atoms with Crippen LogP contribution in [0, 0.1) is 0 Å². The third-order valence-corrected chi connectivity index (χ3v) is 11.4. The van der Waals surface area contributed by atoms with Gasteiger partial charge in [-0.1, -0.05) is 202 Å². The number of rotatable bonds is 48. The van der Waals surface area contributed by atoms with Crippen LogP contribution in [0.5, 0.6) is 0 Å². The molecule has 0 aliphatic rings. The molecule has 65 heavy (non-hydrogen) atoms. The van der Waals surface area contributed by atoms with E-state index in [0.717, 1.165) is 135 Å². The van der Waals surface area contributed by atoms with Crippen molar-refractivity contribution in [2.24, 2.45) is 0 Å². The lowest BCUT2D eigenvalue weighted by Gasteiger charge is -2.18. The van der Waals surface area contributed by atoms with Gasteiger partial charge in [-0.3, -0.25) is 14.4 Å².